The van der Waals surface area contributed by atoms with Gasteiger partial charge in [-0.3, -0.25) is 9.78 Å². The number of hydrogen-bond donors (Lipinski definition) is 0. The number of aromatic nitrogens is 1. The van der Waals surface area contributed by atoms with Crippen LogP contribution in [0.5, 0.6) is 0 Å². The minimum absolute atomic E-state index is 0.00223. The average molecular weight is 328 g/mol. The third-order valence-electron chi connectivity index (χ3n) is 4.72. The van der Waals surface area contributed by atoms with Gasteiger partial charge >= 0.3 is 0 Å². The molecular formula is C18H20N2O4. The summed E-state index contributed by atoms with van der Waals surface area (Å²) >= 11 is 0. The number of amides is 1. The van der Waals surface area contributed by atoms with Crippen molar-refractivity contribution in [2.45, 2.75) is 37.7 Å². The van der Waals surface area contributed by atoms with E-state index in [1.807, 2.05) is 17.0 Å². The van der Waals surface area contributed by atoms with Crippen molar-refractivity contribution in [1.82, 2.24) is 9.88 Å². The van der Waals surface area contributed by atoms with Crippen LogP contribution in [0, 0.1) is 0 Å². The standard InChI is InChI=1S/C18H20N2O4/c21-18(16-4-2-9-22-16)20-8-10-23-17-14(20)5-6-15(17)24-12-13-3-1-7-19-11-13/h1-4,7,9,11,14-15,17H,5-6,8,10,12H2/t14-,15-,17-/m0/s1. The first-order valence-electron chi connectivity index (χ1n) is 8.29. The van der Waals surface area contributed by atoms with Crippen LogP contribution in [0.4, 0.5) is 0 Å². The van der Waals surface area contributed by atoms with Crippen molar-refractivity contribution in [2.24, 2.45) is 0 Å². The number of ether oxygens (including phenoxy) is 2. The molecule has 4 rings (SSSR count). The van der Waals surface area contributed by atoms with Crippen LogP contribution in [0.25, 0.3) is 0 Å². The third-order valence-corrected chi connectivity index (χ3v) is 4.72. The van der Waals surface area contributed by atoms with E-state index in [2.05, 4.69) is 4.98 Å². The van der Waals surface area contributed by atoms with Crippen molar-refractivity contribution in [3.05, 3.63) is 54.2 Å². The maximum absolute atomic E-state index is 12.6. The van der Waals surface area contributed by atoms with Crippen LogP contribution >= 0.6 is 0 Å². The number of carbonyl (C=O) groups is 1. The smallest absolute Gasteiger partial charge is 0.289 e. The highest BCUT2D eigenvalue weighted by molar-refractivity contribution is 5.91. The highest BCUT2D eigenvalue weighted by Crippen LogP contribution is 2.33. The van der Waals surface area contributed by atoms with Crippen molar-refractivity contribution < 1.29 is 18.7 Å². The van der Waals surface area contributed by atoms with Crippen LogP contribution in [-0.4, -0.2) is 47.2 Å². The summed E-state index contributed by atoms with van der Waals surface area (Å²) in [6.45, 7) is 1.63. The molecule has 2 aliphatic rings. The molecule has 3 atom stereocenters. The highest BCUT2D eigenvalue weighted by Gasteiger charge is 2.45. The van der Waals surface area contributed by atoms with Gasteiger partial charge < -0.3 is 18.8 Å². The normalized spacial score (nSPS) is 26.3. The summed E-state index contributed by atoms with van der Waals surface area (Å²) < 4.78 is 17.2. The van der Waals surface area contributed by atoms with Crippen LogP contribution in [0.3, 0.4) is 0 Å². The van der Waals surface area contributed by atoms with Crippen molar-refractivity contribution in [2.75, 3.05) is 13.2 Å². The monoisotopic (exact) mass is 328 g/mol. The molecule has 2 aromatic heterocycles. The van der Waals surface area contributed by atoms with Crippen LogP contribution in [0.1, 0.15) is 29.0 Å². The van der Waals surface area contributed by atoms with Crippen molar-refractivity contribution in [3.63, 3.8) is 0 Å². The first-order valence-corrected chi connectivity index (χ1v) is 8.29. The lowest BCUT2D eigenvalue weighted by atomic mass is 10.1. The molecular weight excluding hydrogens is 308 g/mol. The van der Waals surface area contributed by atoms with E-state index >= 15 is 0 Å². The molecule has 2 aromatic rings. The Balaban J connectivity index is 1.42. The van der Waals surface area contributed by atoms with E-state index < -0.39 is 0 Å². The second-order valence-corrected chi connectivity index (χ2v) is 6.17. The number of hydrogen-bond acceptors (Lipinski definition) is 5. The van der Waals surface area contributed by atoms with Gasteiger partial charge in [0.15, 0.2) is 5.76 Å². The summed E-state index contributed by atoms with van der Waals surface area (Å²) in [6, 6.07) is 7.39. The quantitative estimate of drug-likeness (QED) is 0.861. The summed E-state index contributed by atoms with van der Waals surface area (Å²) in [6.07, 6.45) is 6.78. The molecule has 0 N–H and O–H groups in total. The largest absolute Gasteiger partial charge is 0.459 e. The Bertz CT molecular complexity index is 674. The zero-order valence-corrected chi connectivity index (χ0v) is 13.3. The van der Waals surface area contributed by atoms with Crippen molar-refractivity contribution >= 4 is 5.91 Å². The van der Waals surface area contributed by atoms with E-state index in [1.165, 1.54) is 6.26 Å². The van der Waals surface area contributed by atoms with E-state index in [0.29, 0.717) is 25.5 Å². The molecule has 6 heteroatoms. The molecule has 1 amide bonds. The van der Waals surface area contributed by atoms with Gasteiger partial charge in [-0.15, -0.1) is 0 Å². The predicted molar refractivity (Wildman–Crippen MR) is 85.3 cm³/mol. The number of morpholine rings is 1. The van der Waals surface area contributed by atoms with Gasteiger partial charge in [0.1, 0.15) is 6.10 Å². The minimum Gasteiger partial charge on any atom is -0.459 e. The van der Waals surface area contributed by atoms with Gasteiger partial charge in [0.25, 0.3) is 5.91 Å². The lowest BCUT2D eigenvalue weighted by Crippen LogP contribution is -2.53. The fourth-order valence-electron chi connectivity index (χ4n) is 3.57. The van der Waals surface area contributed by atoms with Gasteiger partial charge in [-0.2, -0.15) is 0 Å². The Labute approximate surface area is 140 Å². The Morgan fingerprint density at radius 2 is 2.29 bits per heavy atom. The number of furan rings is 1. The second-order valence-electron chi connectivity index (χ2n) is 6.17. The Morgan fingerprint density at radius 3 is 3.08 bits per heavy atom. The maximum Gasteiger partial charge on any atom is 0.289 e. The number of nitrogens with zero attached hydrogens (tertiary/aromatic N) is 2. The van der Waals surface area contributed by atoms with Gasteiger partial charge in [-0.05, 0) is 36.6 Å². The molecule has 0 radical (unpaired) electrons. The van der Waals surface area contributed by atoms with Gasteiger partial charge in [0.2, 0.25) is 0 Å². The summed E-state index contributed by atoms with van der Waals surface area (Å²) in [5.74, 6) is 0.321. The molecule has 0 bridgehead atoms. The topological polar surface area (TPSA) is 64.8 Å². The second kappa shape index (κ2) is 6.75. The molecule has 0 unspecified atom stereocenters. The van der Waals surface area contributed by atoms with Gasteiger partial charge in [-0.1, -0.05) is 6.07 Å². The SMILES string of the molecule is O=C(c1ccco1)N1CCO[C@@H]2[C@@H](OCc3cccnc3)CC[C@@H]21. The zero-order chi connectivity index (χ0) is 16.4. The molecule has 0 aromatic carbocycles. The fraction of sp³-hybridized carbons (Fsp3) is 0.444. The molecule has 1 aliphatic carbocycles. The first kappa shape index (κ1) is 15.4. The Hall–Kier alpha value is -2.18. The van der Waals surface area contributed by atoms with E-state index in [-0.39, 0.29) is 24.2 Å². The van der Waals surface area contributed by atoms with Crippen LogP contribution < -0.4 is 0 Å². The van der Waals surface area contributed by atoms with E-state index in [9.17, 15) is 4.79 Å². The third kappa shape index (κ3) is 2.95. The number of fused-ring (bicyclic) bond motifs is 1. The first-order chi connectivity index (χ1) is 11.8. The van der Waals surface area contributed by atoms with Gasteiger partial charge in [0, 0.05) is 18.9 Å². The van der Waals surface area contributed by atoms with Gasteiger partial charge in [-0.25, -0.2) is 0 Å². The van der Waals surface area contributed by atoms with Crippen LogP contribution in [0.2, 0.25) is 0 Å². The molecule has 6 nitrogen and oxygen atoms in total. The lowest BCUT2D eigenvalue weighted by molar-refractivity contribution is -0.108. The van der Waals surface area contributed by atoms with Crippen LogP contribution in [0.15, 0.2) is 47.3 Å². The molecule has 2 fully saturated rings. The Morgan fingerprint density at radius 1 is 1.33 bits per heavy atom. The highest BCUT2D eigenvalue weighted by atomic mass is 16.5. The molecule has 1 aliphatic heterocycles. The average Bonchev–Trinajstić information content (AvgIpc) is 3.30. The number of pyridine rings is 1. The molecule has 0 spiro atoms. The van der Waals surface area contributed by atoms with E-state index in [4.69, 9.17) is 13.9 Å². The maximum atomic E-state index is 12.6. The number of carbonyl (C=O) groups excluding carboxylic acids is 1. The van der Waals surface area contributed by atoms with Crippen molar-refractivity contribution in [3.8, 4) is 0 Å². The fourth-order valence-corrected chi connectivity index (χ4v) is 3.57. The molecule has 1 saturated carbocycles. The van der Waals surface area contributed by atoms with Crippen LogP contribution in [-0.2, 0) is 16.1 Å². The summed E-state index contributed by atoms with van der Waals surface area (Å²) in [5.41, 5.74) is 1.04. The summed E-state index contributed by atoms with van der Waals surface area (Å²) in [5, 5.41) is 0. The minimum atomic E-state index is -0.0747. The molecule has 24 heavy (non-hydrogen) atoms. The summed E-state index contributed by atoms with van der Waals surface area (Å²) in [4.78, 5) is 18.6. The lowest BCUT2D eigenvalue weighted by Gasteiger charge is -2.38. The van der Waals surface area contributed by atoms with E-state index in [0.717, 1.165) is 18.4 Å². The predicted octanol–water partition coefficient (Wildman–Crippen LogP) is 2.26. The van der Waals surface area contributed by atoms with E-state index in [1.54, 1.807) is 24.5 Å². The molecule has 126 valence electrons. The zero-order valence-electron chi connectivity index (χ0n) is 13.3. The molecule has 1 saturated heterocycles. The number of rotatable bonds is 4. The molecule has 3 heterocycles. The van der Waals surface area contributed by atoms with Crippen molar-refractivity contribution in [1.29, 1.82) is 0 Å². The Kier molecular flexibility index (Phi) is 4.32. The van der Waals surface area contributed by atoms with Gasteiger partial charge in [0.05, 0.1) is 31.6 Å². The summed E-state index contributed by atoms with van der Waals surface area (Å²) in [7, 11) is 0.